The van der Waals surface area contributed by atoms with Crippen molar-refractivity contribution in [3.8, 4) is 22.4 Å². The van der Waals surface area contributed by atoms with Crippen LogP contribution in [0.25, 0.3) is 22.4 Å². The lowest BCUT2D eigenvalue weighted by atomic mass is 10.0. The number of allylic oxidation sites excluding steroid dienone is 1. The van der Waals surface area contributed by atoms with Crippen LogP contribution >= 0.6 is 0 Å². The monoisotopic (exact) mass is 304 g/mol. The van der Waals surface area contributed by atoms with Gasteiger partial charge in [-0.25, -0.2) is 4.79 Å². The number of aromatic carboxylic acids is 1. The summed E-state index contributed by atoms with van der Waals surface area (Å²) in [7, 11) is 0. The largest absolute Gasteiger partial charge is 0.477 e. The molecule has 0 spiro atoms. The molecule has 0 saturated heterocycles. The summed E-state index contributed by atoms with van der Waals surface area (Å²) < 4.78 is 1.44. The zero-order valence-corrected chi connectivity index (χ0v) is 12.5. The Morgan fingerprint density at radius 1 is 1.04 bits per heavy atom. The molecular weight excluding hydrogens is 288 g/mol. The van der Waals surface area contributed by atoms with Gasteiger partial charge in [-0.15, -0.1) is 6.58 Å². The van der Waals surface area contributed by atoms with Gasteiger partial charge < -0.3 is 5.11 Å². The normalized spacial score (nSPS) is 10.4. The van der Waals surface area contributed by atoms with Gasteiger partial charge in [0.1, 0.15) is 5.69 Å². The van der Waals surface area contributed by atoms with Crippen LogP contribution in [0.1, 0.15) is 10.5 Å². The maximum absolute atomic E-state index is 11.3. The fourth-order valence-electron chi connectivity index (χ4n) is 2.46. The number of carboxylic acids is 1. The highest BCUT2D eigenvalue weighted by molar-refractivity contribution is 5.87. The van der Waals surface area contributed by atoms with Gasteiger partial charge >= 0.3 is 5.97 Å². The van der Waals surface area contributed by atoms with E-state index in [9.17, 15) is 9.90 Å². The average Bonchev–Trinajstić information content (AvgIpc) is 3.00. The lowest BCUT2D eigenvalue weighted by Gasteiger charge is -2.03. The molecule has 4 heteroatoms. The third-order valence-corrected chi connectivity index (χ3v) is 3.59. The van der Waals surface area contributed by atoms with Crippen LogP contribution in [-0.2, 0) is 6.54 Å². The SMILES string of the molecule is C=CCn1nc(-c2ccc(-c3ccccc3)cc2)cc1C(=O)O. The Hall–Kier alpha value is -3.14. The van der Waals surface area contributed by atoms with Crippen LogP contribution in [0.3, 0.4) is 0 Å². The van der Waals surface area contributed by atoms with Crippen LogP contribution < -0.4 is 0 Å². The van der Waals surface area contributed by atoms with E-state index in [0.717, 1.165) is 16.7 Å². The highest BCUT2D eigenvalue weighted by Gasteiger charge is 2.14. The van der Waals surface area contributed by atoms with Gasteiger partial charge in [-0.2, -0.15) is 5.10 Å². The Morgan fingerprint density at radius 3 is 2.26 bits per heavy atom. The van der Waals surface area contributed by atoms with Gasteiger partial charge in [0, 0.05) is 5.56 Å². The fourth-order valence-corrected chi connectivity index (χ4v) is 2.46. The molecule has 3 rings (SSSR count). The van der Waals surface area contributed by atoms with E-state index in [1.807, 2.05) is 42.5 Å². The van der Waals surface area contributed by atoms with Gasteiger partial charge in [0.05, 0.1) is 12.2 Å². The summed E-state index contributed by atoms with van der Waals surface area (Å²) in [4.78, 5) is 11.3. The Balaban J connectivity index is 1.95. The minimum absolute atomic E-state index is 0.159. The van der Waals surface area contributed by atoms with Gasteiger partial charge in [0.25, 0.3) is 0 Å². The number of rotatable bonds is 5. The topological polar surface area (TPSA) is 55.1 Å². The Labute approximate surface area is 134 Å². The summed E-state index contributed by atoms with van der Waals surface area (Å²) in [6.45, 7) is 3.99. The molecule has 0 aliphatic heterocycles. The van der Waals surface area contributed by atoms with Crippen molar-refractivity contribution < 1.29 is 9.90 Å². The smallest absolute Gasteiger partial charge is 0.354 e. The second-order valence-corrected chi connectivity index (χ2v) is 5.13. The molecule has 0 aliphatic rings. The summed E-state index contributed by atoms with van der Waals surface area (Å²) in [5.41, 5.74) is 3.94. The van der Waals surface area contributed by atoms with Gasteiger partial charge in [-0.1, -0.05) is 60.7 Å². The first-order chi connectivity index (χ1) is 11.2. The second-order valence-electron chi connectivity index (χ2n) is 5.13. The first-order valence-corrected chi connectivity index (χ1v) is 7.27. The number of carbonyl (C=O) groups is 1. The predicted octanol–water partition coefficient (Wildman–Crippen LogP) is 4.10. The Kier molecular flexibility index (Phi) is 4.06. The van der Waals surface area contributed by atoms with Crippen molar-refractivity contribution in [2.45, 2.75) is 6.54 Å². The molecule has 0 atom stereocenters. The first kappa shape index (κ1) is 14.8. The number of carboxylic acid groups (broad SMARTS) is 1. The van der Waals surface area contributed by atoms with Crippen molar-refractivity contribution >= 4 is 5.97 Å². The van der Waals surface area contributed by atoms with E-state index in [4.69, 9.17) is 0 Å². The summed E-state index contributed by atoms with van der Waals surface area (Å²) in [5, 5.41) is 13.6. The lowest BCUT2D eigenvalue weighted by molar-refractivity contribution is 0.0684. The molecule has 0 unspecified atom stereocenters. The van der Waals surface area contributed by atoms with Crippen molar-refractivity contribution in [1.29, 1.82) is 0 Å². The molecule has 0 aliphatic carbocycles. The highest BCUT2D eigenvalue weighted by Crippen LogP contribution is 2.24. The first-order valence-electron chi connectivity index (χ1n) is 7.27. The van der Waals surface area contributed by atoms with Crippen LogP contribution in [0.4, 0.5) is 0 Å². The van der Waals surface area contributed by atoms with Crippen molar-refractivity contribution in [3.63, 3.8) is 0 Å². The molecule has 0 saturated carbocycles. The van der Waals surface area contributed by atoms with Crippen molar-refractivity contribution in [3.05, 3.63) is 79.0 Å². The molecule has 1 heterocycles. The molecule has 2 aromatic carbocycles. The molecule has 23 heavy (non-hydrogen) atoms. The van der Waals surface area contributed by atoms with Crippen LogP contribution in [-0.4, -0.2) is 20.9 Å². The quantitative estimate of drug-likeness (QED) is 0.722. The van der Waals surface area contributed by atoms with Gasteiger partial charge in [0.2, 0.25) is 0 Å². The summed E-state index contributed by atoms with van der Waals surface area (Å²) in [6.07, 6.45) is 1.63. The van der Waals surface area contributed by atoms with Gasteiger partial charge in [0.15, 0.2) is 0 Å². The number of benzene rings is 2. The molecule has 4 nitrogen and oxygen atoms in total. The number of aromatic nitrogens is 2. The third kappa shape index (κ3) is 3.06. The van der Waals surface area contributed by atoms with E-state index in [2.05, 4.69) is 23.8 Å². The van der Waals surface area contributed by atoms with Crippen LogP contribution in [0.5, 0.6) is 0 Å². The molecular formula is C19H16N2O2. The Bertz CT molecular complexity index is 834. The standard InChI is InChI=1S/C19H16N2O2/c1-2-12-21-18(19(22)23)13-17(20-21)16-10-8-15(9-11-16)14-6-4-3-5-7-14/h2-11,13H,1,12H2,(H,22,23). The second kappa shape index (κ2) is 6.32. The molecule has 1 N–H and O–H groups in total. The molecule has 114 valence electrons. The van der Waals surface area contributed by atoms with Crippen LogP contribution in [0, 0.1) is 0 Å². The minimum Gasteiger partial charge on any atom is -0.477 e. The molecule has 0 amide bonds. The van der Waals surface area contributed by atoms with E-state index in [0.29, 0.717) is 12.2 Å². The lowest BCUT2D eigenvalue weighted by Crippen LogP contribution is -2.08. The fraction of sp³-hybridized carbons (Fsp3) is 0.0526. The Morgan fingerprint density at radius 2 is 1.65 bits per heavy atom. The van der Waals surface area contributed by atoms with Crippen molar-refractivity contribution in [1.82, 2.24) is 9.78 Å². The van der Waals surface area contributed by atoms with Gasteiger partial charge in [-0.3, -0.25) is 4.68 Å². The third-order valence-electron chi connectivity index (χ3n) is 3.59. The zero-order chi connectivity index (χ0) is 16.2. The highest BCUT2D eigenvalue weighted by atomic mass is 16.4. The molecule has 1 aromatic heterocycles. The van der Waals surface area contributed by atoms with E-state index in [-0.39, 0.29) is 5.69 Å². The van der Waals surface area contributed by atoms with Crippen LogP contribution in [0.15, 0.2) is 73.3 Å². The minimum atomic E-state index is -0.994. The predicted molar refractivity (Wildman–Crippen MR) is 90.3 cm³/mol. The summed E-state index contributed by atoms with van der Waals surface area (Å²) >= 11 is 0. The van der Waals surface area contributed by atoms with Crippen molar-refractivity contribution in [2.24, 2.45) is 0 Å². The van der Waals surface area contributed by atoms with Gasteiger partial charge in [-0.05, 0) is 17.2 Å². The molecule has 0 bridgehead atoms. The maximum atomic E-state index is 11.3. The number of nitrogens with zero attached hydrogens (tertiary/aromatic N) is 2. The molecule has 0 fully saturated rings. The molecule has 0 radical (unpaired) electrons. The zero-order valence-electron chi connectivity index (χ0n) is 12.5. The summed E-state index contributed by atoms with van der Waals surface area (Å²) in [6, 6.07) is 19.6. The van der Waals surface area contributed by atoms with E-state index >= 15 is 0 Å². The van der Waals surface area contributed by atoms with E-state index in [1.54, 1.807) is 12.1 Å². The van der Waals surface area contributed by atoms with Crippen LogP contribution in [0.2, 0.25) is 0 Å². The number of hydrogen-bond acceptors (Lipinski definition) is 2. The molecule has 3 aromatic rings. The number of hydrogen-bond donors (Lipinski definition) is 1. The average molecular weight is 304 g/mol. The van der Waals surface area contributed by atoms with Crippen molar-refractivity contribution in [2.75, 3.05) is 0 Å². The van der Waals surface area contributed by atoms with E-state index < -0.39 is 5.97 Å². The van der Waals surface area contributed by atoms with E-state index in [1.165, 1.54) is 4.68 Å². The summed E-state index contributed by atoms with van der Waals surface area (Å²) in [5.74, 6) is -0.994. The maximum Gasteiger partial charge on any atom is 0.354 e.